The topological polar surface area (TPSA) is 59.6 Å². The number of carbonyl (C=O) groups excluding carboxylic acids is 1. The van der Waals surface area contributed by atoms with E-state index in [-0.39, 0.29) is 5.91 Å². The van der Waals surface area contributed by atoms with E-state index in [1.807, 2.05) is 24.3 Å². The first-order valence-electron chi connectivity index (χ1n) is 7.09. The molecule has 1 aromatic carbocycles. The normalized spacial score (nSPS) is 18.8. The predicted molar refractivity (Wildman–Crippen MR) is 77.6 cm³/mol. The Morgan fingerprint density at radius 1 is 1.30 bits per heavy atom. The summed E-state index contributed by atoms with van der Waals surface area (Å²) in [4.78, 5) is 11.9. The summed E-state index contributed by atoms with van der Waals surface area (Å²) in [6.07, 6.45) is 0.618. The van der Waals surface area contributed by atoms with E-state index >= 15 is 0 Å². The molecule has 20 heavy (non-hydrogen) atoms. The smallest absolute Gasteiger partial charge is 0.255 e. The van der Waals surface area contributed by atoms with Crippen molar-refractivity contribution >= 4 is 11.6 Å². The van der Waals surface area contributed by atoms with E-state index in [1.165, 1.54) is 5.56 Å². The molecule has 0 aliphatic carbocycles. The minimum absolute atomic E-state index is 0.151. The standard InChI is InChI=1S/C15H22N2O3/c1-2-7-16-10-12-3-5-13(6-4-12)17-15(18)14-11-19-8-9-20-14/h3-6,14,16H,2,7-11H2,1H3,(H,17,18). The summed E-state index contributed by atoms with van der Waals surface area (Å²) in [7, 11) is 0. The van der Waals surface area contributed by atoms with Crippen molar-refractivity contribution in [3.05, 3.63) is 29.8 Å². The third-order valence-electron chi connectivity index (χ3n) is 3.09. The van der Waals surface area contributed by atoms with Crippen LogP contribution in [0.3, 0.4) is 0 Å². The highest BCUT2D eigenvalue weighted by atomic mass is 16.6. The first kappa shape index (κ1) is 15.0. The fourth-order valence-corrected chi connectivity index (χ4v) is 1.98. The Kier molecular flexibility index (Phi) is 5.98. The second kappa shape index (κ2) is 7.99. The third-order valence-corrected chi connectivity index (χ3v) is 3.09. The van der Waals surface area contributed by atoms with Crippen LogP contribution in [-0.4, -0.2) is 38.4 Å². The van der Waals surface area contributed by atoms with Crippen LogP contribution in [0.1, 0.15) is 18.9 Å². The molecule has 1 amide bonds. The quantitative estimate of drug-likeness (QED) is 0.775. The van der Waals surface area contributed by atoms with Crippen LogP contribution in [0.4, 0.5) is 5.69 Å². The van der Waals surface area contributed by atoms with Crippen molar-refractivity contribution in [1.82, 2.24) is 5.32 Å². The van der Waals surface area contributed by atoms with Crippen LogP contribution in [0.25, 0.3) is 0 Å². The van der Waals surface area contributed by atoms with E-state index in [2.05, 4.69) is 17.6 Å². The van der Waals surface area contributed by atoms with Crippen LogP contribution in [0.5, 0.6) is 0 Å². The lowest BCUT2D eigenvalue weighted by Gasteiger charge is -2.22. The second-order valence-electron chi connectivity index (χ2n) is 4.80. The van der Waals surface area contributed by atoms with Gasteiger partial charge >= 0.3 is 0 Å². The van der Waals surface area contributed by atoms with E-state index in [0.717, 1.165) is 25.2 Å². The maximum absolute atomic E-state index is 11.9. The van der Waals surface area contributed by atoms with Crippen LogP contribution in [0.2, 0.25) is 0 Å². The molecule has 5 nitrogen and oxygen atoms in total. The van der Waals surface area contributed by atoms with Gasteiger partial charge in [0.25, 0.3) is 5.91 Å². The lowest BCUT2D eigenvalue weighted by molar-refractivity contribution is -0.142. The minimum atomic E-state index is -0.505. The zero-order chi connectivity index (χ0) is 14.2. The van der Waals surface area contributed by atoms with Crippen molar-refractivity contribution in [3.8, 4) is 0 Å². The van der Waals surface area contributed by atoms with E-state index < -0.39 is 6.10 Å². The van der Waals surface area contributed by atoms with Gasteiger partial charge in [-0.15, -0.1) is 0 Å². The number of ether oxygens (including phenoxy) is 2. The fraction of sp³-hybridized carbons (Fsp3) is 0.533. The summed E-state index contributed by atoms with van der Waals surface area (Å²) in [6, 6.07) is 7.84. The molecular weight excluding hydrogens is 256 g/mol. The number of anilines is 1. The van der Waals surface area contributed by atoms with Gasteiger partial charge in [-0.2, -0.15) is 0 Å². The van der Waals surface area contributed by atoms with Crippen molar-refractivity contribution < 1.29 is 14.3 Å². The number of carbonyl (C=O) groups is 1. The number of rotatable bonds is 6. The molecule has 0 radical (unpaired) electrons. The summed E-state index contributed by atoms with van der Waals surface area (Å²) >= 11 is 0. The molecule has 1 unspecified atom stereocenters. The van der Waals surface area contributed by atoms with Crippen LogP contribution < -0.4 is 10.6 Å². The first-order valence-corrected chi connectivity index (χ1v) is 7.09. The number of benzene rings is 1. The number of amides is 1. The monoisotopic (exact) mass is 278 g/mol. The summed E-state index contributed by atoms with van der Waals surface area (Å²) < 4.78 is 10.6. The number of nitrogens with one attached hydrogen (secondary N) is 2. The lowest BCUT2D eigenvalue weighted by Crippen LogP contribution is -2.39. The van der Waals surface area contributed by atoms with Crippen molar-refractivity contribution in [2.45, 2.75) is 26.0 Å². The van der Waals surface area contributed by atoms with Crippen molar-refractivity contribution in [2.75, 3.05) is 31.7 Å². The molecule has 5 heteroatoms. The highest BCUT2D eigenvalue weighted by Crippen LogP contribution is 2.11. The Bertz CT molecular complexity index is 414. The van der Waals surface area contributed by atoms with Crippen LogP contribution >= 0.6 is 0 Å². The molecule has 110 valence electrons. The zero-order valence-corrected chi connectivity index (χ0v) is 11.9. The van der Waals surface area contributed by atoms with Crippen molar-refractivity contribution in [3.63, 3.8) is 0 Å². The molecule has 0 bridgehead atoms. The van der Waals surface area contributed by atoms with E-state index in [1.54, 1.807) is 0 Å². The summed E-state index contributed by atoms with van der Waals surface area (Å²) in [5.41, 5.74) is 1.98. The van der Waals surface area contributed by atoms with Gasteiger partial charge in [-0.3, -0.25) is 4.79 Å². The van der Waals surface area contributed by atoms with Gasteiger partial charge in [-0.25, -0.2) is 0 Å². The fourth-order valence-electron chi connectivity index (χ4n) is 1.98. The van der Waals surface area contributed by atoms with Crippen molar-refractivity contribution in [2.24, 2.45) is 0 Å². The SMILES string of the molecule is CCCNCc1ccc(NC(=O)C2COCCO2)cc1. The van der Waals surface area contributed by atoms with Crippen LogP contribution in [0, 0.1) is 0 Å². The highest BCUT2D eigenvalue weighted by molar-refractivity contribution is 5.94. The first-order chi connectivity index (χ1) is 9.79. The lowest BCUT2D eigenvalue weighted by atomic mass is 10.2. The number of hydrogen-bond donors (Lipinski definition) is 2. The Labute approximate surface area is 119 Å². The van der Waals surface area contributed by atoms with Gasteiger partial charge in [0.2, 0.25) is 0 Å². The summed E-state index contributed by atoms with van der Waals surface area (Å²) in [6.45, 7) is 5.36. The molecule has 1 atom stereocenters. The molecule has 1 aliphatic rings. The van der Waals surface area contributed by atoms with E-state index in [9.17, 15) is 4.79 Å². The Morgan fingerprint density at radius 2 is 2.10 bits per heavy atom. The van der Waals surface area contributed by atoms with E-state index in [4.69, 9.17) is 9.47 Å². The summed E-state index contributed by atoms with van der Waals surface area (Å²) in [5.74, 6) is -0.151. The Morgan fingerprint density at radius 3 is 2.75 bits per heavy atom. The molecule has 1 fully saturated rings. The molecular formula is C15H22N2O3. The Hall–Kier alpha value is -1.43. The van der Waals surface area contributed by atoms with Gasteiger partial charge in [-0.05, 0) is 30.7 Å². The largest absolute Gasteiger partial charge is 0.376 e. The van der Waals surface area contributed by atoms with Gasteiger partial charge in [0.1, 0.15) is 0 Å². The number of hydrogen-bond acceptors (Lipinski definition) is 4. The summed E-state index contributed by atoms with van der Waals surface area (Å²) in [5, 5.41) is 6.18. The van der Waals surface area contributed by atoms with Gasteiger partial charge in [0.15, 0.2) is 6.10 Å². The highest BCUT2D eigenvalue weighted by Gasteiger charge is 2.22. The molecule has 1 saturated heterocycles. The van der Waals surface area contributed by atoms with E-state index in [0.29, 0.717) is 19.8 Å². The molecule has 1 aromatic rings. The third kappa shape index (κ3) is 4.59. The molecule has 2 N–H and O–H groups in total. The van der Waals surface area contributed by atoms with Gasteiger partial charge in [0, 0.05) is 12.2 Å². The minimum Gasteiger partial charge on any atom is -0.376 e. The molecule has 2 rings (SSSR count). The van der Waals surface area contributed by atoms with Crippen molar-refractivity contribution in [1.29, 1.82) is 0 Å². The zero-order valence-electron chi connectivity index (χ0n) is 11.9. The average Bonchev–Trinajstić information content (AvgIpc) is 2.50. The molecule has 1 heterocycles. The molecule has 0 aromatic heterocycles. The Balaban J connectivity index is 1.81. The van der Waals surface area contributed by atoms with Crippen LogP contribution in [0.15, 0.2) is 24.3 Å². The second-order valence-corrected chi connectivity index (χ2v) is 4.80. The average molecular weight is 278 g/mol. The van der Waals surface area contributed by atoms with Gasteiger partial charge in [0.05, 0.1) is 19.8 Å². The maximum Gasteiger partial charge on any atom is 0.255 e. The predicted octanol–water partition coefficient (Wildman–Crippen LogP) is 1.54. The van der Waals surface area contributed by atoms with Gasteiger partial charge < -0.3 is 20.1 Å². The molecule has 1 aliphatic heterocycles. The molecule has 0 spiro atoms. The van der Waals surface area contributed by atoms with Crippen LogP contribution in [-0.2, 0) is 20.8 Å². The van der Waals surface area contributed by atoms with Gasteiger partial charge in [-0.1, -0.05) is 19.1 Å². The molecule has 0 saturated carbocycles. The maximum atomic E-state index is 11.9.